The lowest BCUT2D eigenvalue weighted by atomic mass is 10.5. The van der Waals surface area contributed by atoms with Crippen LogP contribution in [0.4, 0.5) is 0 Å². The van der Waals surface area contributed by atoms with Crippen molar-refractivity contribution in [2.24, 2.45) is 0 Å². The second-order valence-corrected chi connectivity index (χ2v) is 3.66. The van der Waals surface area contributed by atoms with Crippen LogP contribution >= 0.6 is 16.1 Å². The Kier molecular flexibility index (Phi) is 4.37. The van der Waals surface area contributed by atoms with Crippen molar-refractivity contribution >= 4 is 26.3 Å². The predicted molar refractivity (Wildman–Crippen MR) is 38.0 cm³/mol. The van der Waals surface area contributed by atoms with Crippen LogP contribution in [0.5, 0.6) is 0 Å². The topological polar surface area (TPSA) is 66.4 Å². The van der Waals surface area contributed by atoms with Crippen LogP contribution in [-0.4, -0.2) is 25.3 Å². The summed E-state index contributed by atoms with van der Waals surface area (Å²) in [7, 11) is -3.76. The van der Waals surface area contributed by atoms with Crippen molar-refractivity contribution in [1.29, 1.82) is 0 Å². The van der Waals surface area contributed by atoms with E-state index < -0.39 is 10.1 Å². The van der Waals surface area contributed by atoms with Crippen LogP contribution in [0.25, 0.3) is 0 Å². The van der Waals surface area contributed by atoms with Crippen LogP contribution in [0.2, 0.25) is 0 Å². The Balaban J connectivity index is 3.30. The van der Waals surface area contributed by atoms with E-state index in [9.17, 15) is 8.42 Å². The van der Waals surface area contributed by atoms with Gasteiger partial charge in [0.1, 0.15) is 0 Å². The predicted octanol–water partition coefficient (Wildman–Crippen LogP) is 0.164. The van der Waals surface area contributed by atoms with Crippen LogP contribution < -0.4 is 4.34 Å². The largest absolute Gasteiger partial charge is 0.286 e. The highest BCUT2D eigenvalue weighted by Gasteiger charge is 2.01. The first-order valence-electron chi connectivity index (χ1n) is 2.35. The van der Waals surface area contributed by atoms with E-state index >= 15 is 0 Å². The average Bonchev–Trinajstić information content (AvgIpc) is 1.63. The van der Waals surface area contributed by atoms with Crippen molar-refractivity contribution < 1.29 is 13.0 Å². The van der Waals surface area contributed by atoms with Crippen LogP contribution in [0.15, 0.2) is 0 Å². The minimum atomic E-state index is -3.76. The standard InChI is InChI=1S/C3H8BrNO3S/c4-5-2-1-3-9(6,7)8/h5H,1-3H2,(H,6,7,8). The molecular weight excluding hydrogens is 210 g/mol. The first-order chi connectivity index (χ1) is 4.06. The van der Waals surface area contributed by atoms with E-state index in [1.54, 1.807) is 0 Å². The van der Waals surface area contributed by atoms with Gasteiger partial charge in [-0.15, -0.1) is 0 Å². The van der Waals surface area contributed by atoms with Gasteiger partial charge in [-0.1, -0.05) is 0 Å². The van der Waals surface area contributed by atoms with Crippen LogP contribution in [0.3, 0.4) is 0 Å². The molecule has 2 N–H and O–H groups in total. The highest BCUT2D eigenvalue weighted by molar-refractivity contribution is 9.08. The zero-order chi connectivity index (χ0) is 7.33. The molecule has 0 saturated carbocycles. The molecule has 0 rings (SSSR count). The van der Waals surface area contributed by atoms with Gasteiger partial charge in [0.05, 0.1) is 5.75 Å². The Bertz CT molecular complexity index is 154. The summed E-state index contributed by atoms with van der Waals surface area (Å²) in [5.41, 5.74) is 0. The third-order valence-corrected chi connectivity index (χ3v) is 1.87. The molecule has 0 bridgehead atoms. The molecule has 0 aliphatic heterocycles. The number of nitrogens with one attached hydrogen (secondary N) is 1. The highest BCUT2D eigenvalue weighted by atomic mass is 79.9. The Labute approximate surface area is 62.7 Å². The van der Waals surface area contributed by atoms with Gasteiger partial charge in [0.15, 0.2) is 0 Å². The lowest BCUT2D eigenvalue weighted by Gasteiger charge is -1.93. The molecule has 6 heteroatoms. The van der Waals surface area contributed by atoms with E-state index in [1.807, 2.05) is 0 Å². The molecule has 0 saturated heterocycles. The average molecular weight is 218 g/mol. The van der Waals surface area contributed by atoms with E-state index in [2.05, 4.69) is 20.5 Å². The maximum absolute atomic E-state index is 10.0. The molecule has 9 heavy (non-hydrogen) atoms. The zero-order valence-corrected chi connectivity index (χ0v) is 7.07. The fourth-order valence-electron chi connectivity index (χ4n) is 0.321. The van der Waals surface area contributed by atoms with E-state index in [0.29, 0.717) is 13.0 Å². The molecule has 0 aliphatic carbocycles. The van der Waals surface area contributed by atoms with Crippen molar-refractivity contribution in [2.75, 3.05) is 12.3 Å². The monoisotopic (exact) mass is 217 g/mol. The third-order valence-electron chi connectivity index (χ3n) is 0.674. The van der Waals surface area contributed by atoms with Crippen LogP contribution in [-0.2, 0) is 10.1 Å². The molecule has 0 aromatic heterocycles. The van der Waals surface area contributed by atoms with Crippen molar-refractivity contribution in [3.8, 4) is 0 Å². The fraction of sp³-hybridized carbons (Fsp3) is 1.00. The molecule has 0 aromatic carbocycles. The molecule has 0 unspecified atom stereocenters. The first-order valence-corrected chi connectivity index (χ1v) is 4.75. The van der Waals surface area contributed by atoms with Crippen LogP contribution in [0.1, 0.15) is 6.42 Å². The van der Waals surface area contributed by atoms with Gasteiger partial charge >= 0.3 is 0 Å². The van der Waals surface area contributed by atoms with E-state index in [-0.39, 0.29) is 5.75 Å². The fourth-order valence-corrected chi connectivity index (χ4v) is 1.11. The summed E-state index contributed by atoms with van der Waals surface area (Å²) in [5.74, 6) is -0.189. The second-order valence-electron chi connectivity index (χ2n) is 1.52. The van der Waals surface area contributed by atoms with Gasteiger partial charge < -0.3 is 0 Å². The summed E-state index contributed by atoms with van der Waals surface area (Å²) in [6.45, 7) is 0.528. The maximum Gasteiger partial charge on any atom is 0.264 e. The Morgan fingerprint density at radius 2 is 2.11 bits per heavy atom. The lowest BCUT2D eigenvalue weighted by molar-refractivity contribution is 0.481. The minimum Gasteiger partial charge on any atom is -0.286 e. The summed E-state index contributed by atoms with van der Waals surface area (Å²) in [5, 5.41) is 0. The number of hydrogen-bond donors (Lipinski definition) is 2. The quantitative estimate of drug-likeness (QED) is 0.401. The molecule has 0 heterocycles. The molecular formula is C3H8BrNO3S. The summed E-state index contributed by atoms with van der Waals surface area (Å²) >= 11 is 2.89. The van der Waals surface area contributed by atoms with E-state index in [4.69, 9.17) is 4.55 Å². The van der Waals surface area contributed by atoms with Gasteiger partial charge in [0.25, 0.3) is 10.1 Å². The second kappa shape index (κ2) is 4.21. The Hall–Kier alpha value is 0.350. The van der Waals surface area contributed by atoms with Crippen molar-refractivity contribution in [1.82, 2.24) is 4.34 Å². The van der Waals surface area contributed by atoms with Crippen LogP contribution in [0, 0.1) is 0 Å². The molecule has 4 nitrogen and oxygen atoms in total. The maximum atomic E-state index is 10.0. The summed E-state index contributed by atoms with van der Waals surface area (Å²) in [4.78, 5) is 0. The van der Waals surface area contributed by atoms with Crippen molar-refractivity contribution in [3.63, 3.8) is 0 Å². The summed E-state index contributed by atoms with van der Waals surface area (Å²) < 4.78 is 30.8. The summed E-state index contributed by atoms with van der Waals surface area (Å²) in [6, 6.07) is 0. The van der Waals surface area contributed by atoms with Gasteiger partial charge in [-0.3, -0.25) is 8.90 Å². The number of halogens is 1. The molecule has 56 valence electrons. The number of hydrogen-bond acceptors (Lipinski definition) is 3. The van der Waals surface area contributed by atoms with Crippen molar-refractivity contribution in [2.45, 2.75) is 6.42 Å². The molecule has 0 aromatic rings. The molecule has 0 atom stereocenters. The smallest absolute Gasteiger partial charge is 0.264 e. The summed E-state index contributed by atoms with van der Waals surface area (Å²) in [6.07, 6.45) is 0.407. The Morgan fingerprint density at radius 1 is 1.56 bits per heavy atom. The molecule has 0 radical (unpaired) electrons. The van der Waals surface area contributed by atoms with Gasteiger partial charge in [0, 0.05) is 22.7 Å². The Morgan fingerprint density at radius 3 is 2.44 bits per heavy atom. The zero-order valence-electron chi connectivity index (χ0n) is 4.67. The van der Waals surface area contributed by atoms with Gasteiger partial charge in [0.2, 0.25) is 0 Å². The minimum absolute atomic E-state index is 0.189. The normalized spacial score (nSPS) is 11.8. The van der Waals surface area contributed by atoms with Gasteiger partial charge in [-0.2, -0.15) is 8.42 Å². The SMILES string of the molecule is O=S(=O)(O)CCCNBr. The van der Waals surface area contributed by atoms with Crippen molar-refractivity contribution in [3.05, 3.63) is 0 Å². The molecule has 0 fully saturated rings. The van der Waals surface area contributed by atoms with E-state index in [1.165, 1.54) is 0 Å². The van der Waals surface area contributed by atoms with Gasteiger partial charge in [-0.05, 0) is 6.42 Å². The lowest BCUT2D eigenvalue weighted by Crippen LogP contribution is -2.09. The number of rotatable bonds is 4. The molecule has 0 aliphatic rings. The molecule has 0 amide bonds. The first kappa shape index (κ1) is 9.35. The third kappa shape index (κ3) is 8.35. The van der Waals surface area contributed by atoms with E-state index in [0.717, 1.165) is 0 Å². The highest BCUT2D eigenvalue weighted by Crippen LogP contribution is 1.86. The molecule has 0 spiro atoms. The van der Waals surface area contributed by atoms with Gasteiger partial charge in [-0.25, -0.2) is 0 Å².